The Labute approximate surface area is 103 Å². The third kappa shape index (κ3) is 1.95. The number of nitrogens with two attached hydrogens (primary N) is 1. The zero-order valence-electron chi connectivity index (χ0n) is 8.49. The molecule has 0 spiro atoms. The van der Waals surface area contributed by atoms with Crippen molar-refractivity contribution < 1.29 is 4.79 Å². The maximum Gasteiger partial charge on any atom is 0.227 e. The number of rotatable bonds is 2. The van der Waals surface area contributed by atoms with Crippen LogP contribution in [0, 0.1) is 5.92 Å². The maximum atomic E-state index is 11.8. The largest absolute Gasteiger partial charge is 0.395 e. The molecule has 1 saturated heterocycles. The Kier molecular flexibility index (Phi) is 3.21. The second kappa shape index (κ2) is 4.47. The molecule has 2 heterocycles. The van der Waals surface area contributed by atoms with Gasteiger partial charge in [0, 0.05) is 25.0 Å². The number of carbonyl (C=O) groups is 1. The molecule has 2 rings (SSSR count). The molecule has 0 bridgehead atoms. The van der Waals surface area contributed by atoms with Crippen LogP contribution in [0.2, 0.25) is 5.15 Å². The Morgan fingerprint density at radius 2 is 2.38 bits per heavy atom. The van der Waals surface area contributed by atoms with Crippen molar-refractivity contribution in [3.8, 4) is 0 Å². The van der Waals surface area contributed by atoms with Gasteiger partial charge in [0.2, 0.25) is 5.91 Å². The van der Waals surface area contributed by atoms with Crippen molar-refractivity contribution in [2.24, 2.45) is 5.92 Å². The summed E-state index contributed by atoms with van der Waals surface area (Å²) in [6, 6.07) is 1.69. The minimum absolute atomic E-state index is 0.0274. The van der Waals surface area contributed by atoms with Gasteiger partial charge >= 0.3 is 0 Å². The van der Waals surface area contributed by atoms with Gasteiger partial charge in [-0.3, -0.25) is 4.79 Å². The number of nitrogens with zero attached hydrogens (tertiary/aromatic N) is 2. The van der Waals surface area contributed by atoms with Gasteiger partial charge in [-0.2, -0.15) is 0 Å². The molecular weight excluding hydrogens is 249 g/mol. The number of pyridine rings is 1. The van der Waals surface area contributed by atoms with Gasteiger partial charge in [-0.25, -0.2) is 4.98 Å². The van der Waals surface area contributed by atoms with Gasteiger partial charge in [0.1, 0.15) is 0 Å². The van der Waals surface area contributed by atoms with Crippen LogP contribution in [-0.4, -0.2) is 23.3 Å². The number of nitrogen functional groups attached to an aromatic ring is 1. The number of halogens is 2. The number of hydrogen-bond donors (Lipinski definition) is 1. The normalized spacial score (nSPS) is 20.5. The van der Waals surface area contributed by atoms with Crippen molar-refractivity contribution in [1.82, 2.24) is 4.98 Å². The van der Waals surface area contributed by atoms with E-state index in [9.17, 15) is 4.79 Å². The first-order valence-electron chi connectivity index (χ1n) is 4.89. The van der Waals surface area contributed by atoms with Crippen LogP contribution in [0.5, 0.6) is 0 Å². The fourth-order valence-corrected chi connectivity index (χ4v) is 2.15. The van der Waals surface area contributed by atoms with Crippen LogP contribution in [-0.2, 0) is 4.79 Å². The third-order valence-electron chi connectivity index (χ3n) is 2.63. The van der Waals surface area contributed by atoms with Crippen molar-refractivity contribution in [3.63, 3.8) is 0 Å². The zero-order chi connectivity index (χ0) is 11.7. The lowest BCUT2D eigenvalue weighted by Crippen LogP contribution is -2.25. The highest BCUT2D eigenvalue weighted by Crippen LogP contribution is 2.32. The highest BCUT2D eigenvalue weighted by atomic mass is 35.5. The molecule has 1 aromatic rings. The van der Waals surface area contributed by atoms with Crippen LogP contribution in [0.3, 0.4) is 0 Å². The first-order valence-corrected chi connectivity index (χ1v) is 5.81. The minimum atomic E-state index is 0.0274. The van der Waals surface area contributed by atoms with Crippen LogP contribution in [0.25, 0.3) is 0 Å². The summed E-state index contributed by atoms with van der Waals surface area (Å²) >= 11 is 11.6. The molecule has 1 aliphatic rings. The highest BCUT2D eigenvalue weighted by molar-refractivity contribution is 6.32. The molecular formula is C10H11Cl2N3O. The number of anilines is 2. The van der Waals surface area contributed by atoms with Gasteiger partial charge in [-0.1, -0.05) is 11.6 Å². The molecule has 2 N–H and O–H groups in total. The average molecular weight is 260 g/mol. The Morgan fingerprint density at radius 3 is 3.00 bits per heavy atom. The Hall–Kier alpha value is -1.00. The van der Waals surface area contributed by atoms with Gasteiger partial charge in [-0.05, 0) is 12.0 Å². The second-order valence-corrected chi connectivity index (χ2v) is 4.43. The molecule has 0 radical (unpaired) electrons. The Morgan fingerprint density at radius 1 is 1.62 bits per heavy atom. The van der Waals surface area contributed by atoms with E-state index in [-0.39, 0.29) is 17.0 Å². The maximum absolute atomic E-state index is 11.8. The van der Waals surface area contributed by atoms with Crippen molar-refractivity contribution in [3.05, 3.63) is 17.4 Å². The molecule has 1 fully saturated rings. The summed E-state index contributed by atoms with van der Waals surface area (Å²) in [6.45, 7) is 0.590. The molecule has 1 atom stereocenters. The van der Waals surface area contributed by atoms with E-state index in [0.29, 0.717) is 30.2 Å². The predicted molar refractivity (Wildman–Crippen MR) is 64.8 cm³/mol. The smallest absolute Gasteiger partial charge is 0.227 e. The molecule has 0 aliphatic carbocycles. The minimum Gasteiger partial charge on any atom is -0.395 e. The van der Waals surface area contributed by atoms with E-state index in [0.717, 1.165) is 0 Å². The molecule has 4 nitrogen and oxygen atoms in total. The Balaban J connectivity index is 2.31. The van der Waals surface area contributed by atoms with Crippen LogP contribution in [0.15, 0.2) is 12.3 Å². The fourth-order valence-electron chi connectivity index (χ4n) is 1.79. The lowest BCUT2D eigenvalue weighted by molar-refractivity contribution is -0.117. The van der Waals surface area contributed by atoms with Crippen molar-refractivity contribution in [2.75, 3.05) is 23.1 Å². The number of carbonyl (C=O) groups excluding carboxylic acids is 1. The van der Waals surface area contributed by atoms with Crippen LogP contribution >= 0.6 is 23.2 Å². The number of hydrogen-bond acceptors (Lipinski definition) is 3. The molecule has 1 aliphatic heterocycles. The first kappa shape index (κ1) is 11.5. The van der Waals surface area contributed by atoms with Crippen LogP contribution in [0.4, 0.5) is 11.4 Å². The highest BCUT2D eigenvalue weighted by Gasteiger charge is 2.31. The van der Waals surface area contributed by atoms with Crippen molar-refractivity contribution >= 4 is 40.5 Å². The summed E-state index contributed by atoms with van der Waals surface area (Å²) in [5, 5.41) is 0.222. The van der Waals surface area contributed by atoms with E-state index in [1.807, 2.05) is 0 Å². The third-order valence-corrected chi connectivity index (χ3v) is 3.37. The van der Waals surface area contributed by atoms with Crippen LogP contribution < -0.4 is 10.6 Å². The SMILES string of the molecule is Nc1c(N2CC(CCl)CC2=O)ccnc1Cl. The van der Waals surface area contributed by atoms with Crippen molar-refractivity contribution in [1.29, 1.82) is 0 Å². The number of aromatic nitrogens is 1. The summed E-state index contributed by atoms with van der Waals surface area (Å²) in [7, 11) is 0. The van der Waals surface area contributed by atoms with E-state index in [2.05, 4.69) is 4.98 Å². The summed E-state index contributed by atoms with van der Waals surface area (Å²) < 4.78 is 0. The first-order chi connectivity index (χ1) is 7.63. The lowest BCUT2D eigenvalue weighted by Gasteiger charge is -2.18. The van der Waals surface area contributed by atoms with Gasteiger partial charge in [0.15, 0.2) is 5.15 Å². The Bertz CT molecular complexity index is 425. The van der Waals surface area contributed by atoms with Gasteiger partial charge in [0.25, 0.3) is 0 Å². The molecule has 1 unspecified atom stereocenters. The molecule has 1 amide bonds. The van der Waals surface area contributed by atoms with Gasteiger partial charge in [-0.15, -0.1) is 11.6 Å². The summed E-state index contributed by atoms with van der Waals surface area (Å²) in [4.78, 5) is 17.2. The number of alkyl halides is 1. The summed E-state index contributed by atoms with van der Waals surface area (Å²) in [6.07, 6.45) is 2.00. The number of amides is 1. The molecule has 1 aromatic heterocycles. The standard InChI is InChI=1S/C10H11Cl2N3O/c11-4-6-3-8(16)15(5-6)7-1-2-14-10(12)9(7)13/h1-2,6H,3-5,13H2. The van der Waals surface area contributed by atoms with Gasteiger partial charge < -0.3 is 10.6 Å². The van der Waals surface area contributed by atoms with Gasteiger partial charge in [0.05, 0.1) is 11.4 Å². The topological polar surface area (TPSA) is 59.2 Å². The average Bonchev–Trinajstić information content (AvgIpc) is 2.64. The molecule has 6 heteroatoms. The van der Waals surface area contributed by atoms with E-state index in [1.165, 1.54) is 6.20 Å². The second-order valence-electron chi connectivity index (χ2n) is 3.76. The van der Waals surface area contributed by atoms with E-state index >= 15 is 0 Å². The van der Waals surface area contributed by atoms with E-state index in [4.69, 9.17) is 28.9 Å². The predicted octanol–water partition coefficient (Wildman–Crippen LogP) is 1.91. The summed E-state index contributed by atoms with van der Waals surface area (Å²) in [5.41, 5.74) is 6.75. The fraction of sp³-hybridized carbons (Fsp3) is 0.400. The summed E-state index contributed by atoms with van der Waals surface area (Å²) in [5.74, 6) is 0.682. The molecule has 0 aromatic carbocycles. The van der Waals surface area contributed by atoms with E-state index < -0.39 is 0 Å². The molecule has 0 saturated carbocycles. The van der Waals surface area contributed by atoms with E-state index in [1.54, 1.807) is 11.0 Å². The van der Waals surface area contributed by atoms with Crippen molar-refractivity contribution in [2.45, 2.75) is 6.42 Å². The molecule has 86 valence electrons. The quantitative estimate of drug-likeness (QED) is 0.652. The lowest BCUT2D eigenvalue weighted by atomic mass is 10.1. The monoisotopic (exact) mass is 259 g/mol. The zero-order valence-corrected chi connectivity index (χ0v) is 10.0. The van der Waals surface area contributed by atoms with Crippen LogP contribution in [0.1, 0.15) is 6.42 Å². The molecule has 16 heavy (non-hydrogen) atoms.